The molecule has 0 radical (unpaired) electrons. The largest absolute Gasteiger partial charge is 0.480 e. The first-order valence-corrected chi connectivity index (χ1v) is 7.81. The van der Waals surface area contributed by atoms with Gasteiger partial charge < -0.3 is 9.52 Å². The van der Waals surface area contributed by atoms with E-state index in [2.05, 4.69) is 4.99 Å². The molecule has 2 heterocycles. The van der Waals surface area contributed by atoms with Crippen molar-refractivity contribution in [2.45, 2.75) is 0 Å². The van der Waals surface area contributed by atoms with E-state index in [-0.39, 0.29) is 17.3 Å². The van der Waals surface area contributed by atoms with Gasteiger partial charge in [0.25, 0.3) is 11.9 Å². The Bertz CT molecular complexity index is 986. The van der Waals surface area contributed by atoms with Crippen molar-refractivity contribution in [3.05, 3.63) is 75.3 Å². The smallest absolute Gasteiger partial charge is 0.293 e. The highest BCUT2D eigenvalue weighted by atomic mass is 35.5. The Labute approximate surface area is 147 Å². The molecule has 4 nitrogen and oxygen atoms in total. The number of halogens is 2. The molecule has 6 heteroatoms. The van der Waals surface area contributed by atoms with Crippen molar-refractivity contribution in [1.82, 2.24) is 0 Å². The Kier molecular flexibility index (Phi) is 3.44. The standard InChI is InChI=1S/C18H9Cl2NO3/c19-11-5-1-9(2-6-11)15-13-14(17(22)21-15)16(24-18(13)23)10-3-7-12(20)8-4-10/h1-8,23H. The second-order valence-corrected chi connectivity index (χ2v) is 6.14. The number of carbonyl (C=O) groups excluding carboxylic acids is 1. The van der Waals surface area contributed by atoms with E-state index in [0.717, 1.165) is 0 Å². The van der Waals surface area contributed by atoms with E-state index in [1.54, 1.807) is 48.5 Å². The van der Waals surface area contributed by atoms with Gasteiger partial charge >= 0.3 is 0 Å². The molecule has 0 fully saturated rings. The van der Waals surface area contributed by atoms with Gasteiger partial charge in [0.05, 0.1) is 11.3 Å². The van der Waals surface area contributed by atoms with Crippen LogP contribution in [0.2, 0.25) is 10.0 Å². The molecule has 1 amide bonds. The van der Waals surface area contributed by atoms with Crippen LogP contribution in [0.5, 0.6) is 5.95 Å². The number of benzene rings is 2. The highest BCUT2D eigenvalue weighted by Gasteiger charge is 2.35. The van der Waals surface area contributed by atoms with Gasteiger partial charge in [-0.1, -0.05) is 35.3 Å². The van der Waals surface area contributed by atoms with Crippen LogP contribution in [0, 0.1) is 0 Å². The van der Waals surface area contributed by atoms with E-state index in [4.69, 9.17) is 27.6 Å². The number of fused-ring (bicyclic) bond motifs is 1. The molecule has 118 valence electrons. The fourth-order valence-electron chi connectivity index (χ4n) is 2.68. The molecule has 1 aliphatic heterocycles. The maximum Gasteiger partial charge on any atom is 0.293 e. The number of hydrogen-bond acceptors (Lipinski definition) is 3. The third-order valence-corrected chi connectivity index (χ3v) is 4.28. The predicted molar refractivity (Wildman–Crippen MR) is 92.2 cm³/mol. The summed E-state index contributed by atoms with van der Waals surface area (Å²) in [4.78, 5) is 16.4. The molecule has 3 aromatic rings. The van der Waals surface area contributed by atoms with Gasteiger partial charge in [0.1, 0.15) is 5.56 Å². The summed E-state index contributed by atoms with van der Waals surface area (Å²) in [5, 5.41) is 11.4. The average Bonchev–Trinajstić information content (AvgIpc) is 3.08. The van der Waals surface area contributed by atoms with E-state index in [1.807, 2.05) is 0 Å². The molecule has 2 aromatic carbocycles. The summed E-state index contributed by atoms with van der Waals surface area (Å²) < 4.78 is 5.44. The van der Waals surface area contributed by atoms with Crippen LogP contribution in [0.1, 0.15) is 21.5 Å². The van der Waals surface area contributed by atoms with Crippen LogP contribution in [0.25, 0.3) is 11.3 Å². The van der Waals surface area contributed by atoms with Gasteiger partial charge in [0, 0.05) is 21.2 Å². The number of aromatic hydroxyl groups is 1. The molecule has 1 aromatic heterocycles. The minimum atomic E-state index is -0.455. The maximum absolute atomic E-state index is 12.4. The average molecular weight is 358 g/mol. The Morgan fingerprint density at radius 3 is 1.96 bits per heavy atom. The predicted octanol–water partition coefficient (Wildman–Crippen LogP) is 4.95. The van der Waals surface area contributed by atoms with Gasteiger partial charge in [-0.2, -0.15) is 0 Å². The quantitative estimate of drug-likeness (QED) is 0.705. The number of furan rings is 1. The topological polar surface area (TPSA) is 62.8 Å². The first-order valence-electron chi connectivity index (χ1n) is 7.05. The molecule has 1 N–H and O–H groups in total. The normalized spacial score (nSPS) is 13.1. The van der Waals surface area contributed by atoms with E-state index in [0.29, 0.717) is 32.4 Å². The molecule has 24 heavy (non-hydrogen) atoms. The van der Waals surface area contributed by atoms with Crippen LogP contribution in [0.3, 0.4) is 0 Å². The molecule has 0 saturated carbocycles. The van der Waals surface area contributed by atoms with Gasteiger partial charge in [-0.25, -0.2) is 4.99 Å². The van der Waals surface area contributed by atoms with Crippen LogP contribution in [-0.2, 0) is 0 Å². The highest BCUT2D eigenvalue weighted by molar-refractivity contribution is 6.32. The van der Waals surface area contributed by atoms with Gasteiger partial charge in [0.2, 0.25) is 0 Å². The van der Waals surface area contributed by atoms with Crippen LogP contribution in [0.15, 0.2) is 57.9 Å². The summed E-state index contributed by atoms with van der Waals surface area (Å²) in [5.41, 5.74) is 2.22. The molecule has 0 spiro atoms. The fraction of sp³-hybridized carbons (Fsp3) is 0. The molecule has 4 rings (SSSR count). The summed E-state index contributed by atoms with van der Waals surface area (Å²) in [7, 11) is 0. The SMILES string of the molecule is O=C1N=C(c2ccc(Cl)cc2)c2c(O)oc(-c3ccc(Cl)cc3)c21. The van der Waals surface area contributed by atoms with E-state index >= 15 is 0 Å². The van der Waals surface area contributed by atoms with Crippen molar-refractivity contribution in [3.63, 3.8) is 0 Å². The van der Waals surface area contributed by atoms with Crippen molar-refractivity contribution in [1.29, 1.82) is 0 Å². The first-order chi connectivity index (χ1) is 11.5. The summed E-state index contributed by atoms with van der Waals surface area (Å²) in [6.45, 7) is 0. The van der Waals surface area contributed by atoms with Gasteiger partial charge in [-0.05, 0) is 36.4 Å². The lowest BCUT2D eigenvalue weighted by Gasteiger charge is -2.00. The molecule has 0 atom stereocenters. The van der Waals surface area contributed by atoms with Crippen LogP contribution in [-0.4, -0.2) is 16.7 Å². The zero-order valence-electron chi connectivity index (χ0n) is 12.1. The minimum absolute atomic E-state index is 0.250. The summed E-state index contributed by atoms with van der Waals surface area (Å²) in [6, 6.07) is 13.7. The Morgan fingerprint density at radius 1 is 0.833 bits per heavy atom. The third kappa shape index (κ3) is 2.31. The first kappa shape index (κ1) is 15.0. The van der Waals surface area contributed by atoms with Crippen LogP contribution >= 0.6 is 23.2 Å². The number of rotatable bonds is 2. The molecular formula is C18H9Cl2NO3. The van der Waals surface area contributed by atoms with E-state index < -0.39 is 5.91 Å². The van der Waals surface area contributed by atoms with E-state index in [1.165, 1.54) is 0 Å². The maximum atomic E-state index is 12.4. The van der Waals surface area contributed by atoms with Crippen LogP contribution < -0.4 is 0 Å². The number of carbonyl (C=O) groups is 1. The molecule has 0 unspecified atom stereocenters. The number of hydrogen-bond donors (Lipinski definition) is 1. The Morgan fingerprint density at radius 2 is 1.38 bits per heavy atom. The number of amides is 1. The Balaban J connectivity index is 1.87. The monoisotopic (exact) mass is 357 g/mol. The van der Waals surface area contributed by atoms with Gasteiger partial charge in [-0.3, -0.25) is 4.79 Å². The van der Waals surface area contributed by atoms with Crippen molar-refractivity contribution >= 4 is 34.8 Å². The van der Waals surface area contributed by atoms with E-state index in [9.17, 15) is 9.90 Å². The minimum Gasteiger partial charge on any atom is -0.480 e. The molecule has 1 aliphatic rings. The Hall–Kier alpha value is -2.56. The number of aliphatic imine (C=N–C) groups is 1. The molecule has 0 bridgehead atoms. The van der Waals surface area contributed by atoms with Crippen molar-refractivity contribution < 1.29 is 14.3 Å². The third-order valence-electron chi connectivity index (χ3n) is 3.78. The van der Waals surface area contributed by atoms with Crippen LogP contribution in [0.4, 0.5) is 0 Å². The summed E-state index contributed by atoms with van der Waals surface area (Å²) in [5.74, 6) is -0.518. The fourth-order valence-corrected chi connectivity index (χ4v) is 2.93. The van der Waals surface area contributed by atoms with Crippen molar-refractivity contribution in [2.24, 2.45) is 4.99 Å². The lowest BCUT2D eigenvalue weighted by Crippen LogP contribution is -1.99. The molecular weight excluding hydrogens is 349 g/mol. The molecule has 0 saturated heterocycles. The zero-order chi connectivity index (χ0) is 16.8. The molecule has 0 aliphatic carbocycles. The zero-order valence-corrected chi connectivity index (χ0v) is 13.6. The lowest BCUT2D eigenvalue weighted by molar-refractivity contribution is 0.101. The summed E-state index contributed by atoms with van der Waals surface area (Å²) >= 11 is 11.8. The summed E-state index contributed by atoms with van der Waals surface area (Å²) in [6.07, 6.45) is 0. The second-order valence-electron chi connectivity index (χ2n) is 5.27. The second kappa shape index (κ2) is 5.51. The number of nitrogens with zero attached hydrogens (tertiary/aromatic N) is 1. The lowest BCUT2D eigenvalue weighted by atomic mass is 10.0. The van der Waals surface area contributed by atoms with Crippen molar-refractivity contribution in [3.8, 4) is 17.3 Å². The van der Waals surface area contributed by atoms with Gasteiger partial charge in [0.15, 0.2) is 5.76 Å². The van der Waals surface area contributed by atoms with Crippen molar-refractivity contribution in [2.75, 3.05) is 0 Å². The van der Waals surface area contributed by atoms with Gasteiger partial charge in [-0.15, -0.1) is 0 Å². The highest BCUT2D eigenvalue weighted by Crippen LogP contribution is 2.41.